The van der Waals surface area contributed by atoms with Gasteiger partial charge in [-0.2, -0.15) is 0 Å². The van der Waals surface area contributed by atoms with Crippen LogP contribution in [0.1, 0.15) is 25.7 Å². The molecule has 0 radical (unpaired) electrons. The van der Waals surface area contributed by atoms with Crippen LogP contribution in [0.5, 0.6) is 0 Å². The molecule has 0 aliphatic carbocycles. The number of hydrogen-bond acceptors (Lipinski definition) is 11. The highest BCUT2D eigenvalue weighted by molar-refractivity contribution is 7.91. The highest BCUT2D eigenvalue weighted by Crippen LogP contribution is 2.20. The topological polar surface area (TPSA) is 117 Å². The Bertz CT molecular complexity index is 890. The van der Waals surface area contributed by atoms with Crippen molar-refractivity contribution in [3.63, 3.8) is 0 Å². The van der Waals surface area contributed by atoms with Gasteiger partial charge in [-0.25, -0.2) is 16.8 Å². The van der Waals surface area contributed by atoms with Gasteiger partial charge in [-0.15, -0.1) is 0 Å². The van der Waals surface area contributed by atoms with Crippen molar-refractivity contribution in [2.75, 3.05) is 115 Å². The fourth-order valence-corrected chi connectivity index (χ4v) is 9.58. The van der Waals surface area contributed by atoms with Crippen LogP contribution in [0.25, 0.3) is 0 Å². The van der Waals surface area contributed by atoms with E-state index in [-0.39, 0.29) is 54.0 Å². The second kappa shape index (κ2) is 14.3. The van der Waals surface area contributed by atoms with E-state index in [1.165, 1.54) is 0 Å². The minimum absolute atomic E-state index is 0.0383. The molecule has 4 saturated heterocycles. The molecule has 0 unspecified atom stereocenters. The van der Waals surface area contributed by atoms with Gasteiger partial charge in [0.1, 0.15) is 0 Å². The number of carbonyl (C=O) groups is 1. The van der Waals surface area contributed by atoms with E-state index < -0.39 is 19.7 Å². The molecule has 2 atom stereocenters. The summed E-state index contributed by atoms with van der Waals surface area (Å²) in [6.45, 7) is 10.1. The highest BCUT2D eigenvalue weighted by Gasteiger charge is 2.35. The van der Waals surface area contributed by atoms with Gasteiger partial charge in [-0.3, -0.25) is 24.4 Å². The Morgan fingerprint density at radius 2 is 1.08 bits per heavy atom. The Kier molecular flexibility index (Phi) is 11.4. The van der Waals surface area contributed by atoms with E-state index in [0.29, 0.717) is 25.9 Å². The van der Waals surface area contributed by atoms with Gasteiger partial charge in [-0.1, -0.05) is 0 Å². The van der Waals surface area contributed by atoms with Gasteiger partial charge in [0.25, 0.3) is 0 Å². The summed E-state index contributed by atoms with van der Waals surface area (Å²) in [7, 11) is -6.13. The molecule has 4 fully saturated rings. The van der Waals surface area contributed by atoms with Crippen LogP contribution in [0.15, 0.2) is 0 Å². The number of hydrogen-bond donors (Lipinski definition) is 0. The van der Waals surface area contributed by atoms with Crippen molar-refractivity contribution in [3.05, 3.63) is 0 Å². The molecular weight excluding hydrogens is 532 g/mol. The van der Waals surface area contributed by atoms with Gasteiger partial charge in [-0.05, 0) is 38.8 Å². The Morgan fingerprint density at radius 3 is 1.42 bits per heavy atom. The number of Topliss-reactive ketones (excluding diaryl/α,β-unsaturated/α-hetero) is 1. The van der Waals surface area contributed by atoms with Crippen LogP contribution in [0.4, 0.5) is 0 Å². The molecule has 0 aromatic carbocycles. The molecule has 0 aromatic rings. The van der Waals surface area contributed by atoms with Crippen molar-refractivity contribution in [2.24, 2.45) is 0 Å². The van der Waals surface area contributed by atoms with Crippen molar-refractivity contribution < 1.29 is 31.1 Å². The van der Waals surface area contributed by atoms with Gasteiger partial charge in [0.15, 0.2) is 25.5 Å². The second-order valence-electron chi connectivity index (χ2n) is 11.2. The second-order valence-corrected chi connectivity index (χ2v) is 15.7. The average molecular weight is 579 g/mol. The lowest BCUT2D eigenvalue weighted by Gasteiger charge is -2.32. The zero-order valence-electron chi connectivity index (χ0n) is 22.7. The van der Waals surface area contributed by atoms with Gasteiger partial charge in [0, 0.05) is 51.4 Å². The fraction of sp³-hybridized carbons (Fsp3) is 0.960. The number of morpholine rings is 2. The summed E-state index contributed by atoms with van der Waals surface area (Å²) in [4.78, 5) is 22.2. The number of carbonyl (C=O) groups excluding carboxylic acids is 1. The molecule has 0 saturated carbocycles. The van der Waals surface area contributed by atoms with Crippen molar-refractivity contribution in [2.45, 2.75) is 37.8 Å². The average Bonchev–Trinajstić information content (AvgIpc) is 3.44. The molecular formula is C25H46N4O7S2. The van der Waals surface area contributed by atoms with Crippen LogP contribution in [0, 0.1) is 0 Å². The maximum absolute atomic E-state index is 13.4. The minimum Gasteiger partial charge on any atom is -0.379 e. The standard InChI is InChI=1S/C25H46N4O7S2/c30-25(19-28(23-3-17-37(31,32)21-23)7-1-5-26-9-13-35-14-10-26)20-29(24-4-18-38(33,34)22-24)8-2-6-27-11-15-36-16-12-27/h23-24H,1-22H2/t23-,24+. The summed E-state index contributed by atoms with van der Waals surface area (Å²) in [5.41, 5.74) is 0. The summed E-state index contributed by atoms with van der Waals surface area (Å²) in [6.07, 6.45) is 2.87. The summed E-state index contributed by atoms with van der Waals surface area (Å²) < 4.78 is 59.7. The quantitative estimate of drug-likeness (QED) is 0.252. The summed E-state index contributed by atoms with van der Waals surface area (Å²) in [6, 6.07) is -0.259. The van der Waals surface area contributed by atoms with E-state index in [1.807, 2.05) is 0 Å². The van der Waals surface area contributed by atoms with Gasteiger partial charge in [0.2, 0.25) is 0 Å². The van der Waals surface area contributed by atoms with E-state index in [1.54, 1.807) is 0 Å². The molecule has 11 nitrogen and oxygen atoms in total. The first-order valence-electron chi connectivity index (χ1n) is 14.2. The summed E-state index contributed by atoms with van der Waals surface area (Å²) in [5.74, 6) is 0.624. The zero-order chi connectivity index (χ0) is 27.0. The first-order valence-corrected chi connectivity index (χ1v) is 17.8. The molecule has 4 rings (SSSR count). The van der Waals surface area contributed by atoms with Crippen LogP contribution in [-0.4, -0.2) is 169 Å². The van der Waals surface area contributed by atoms with Crippen LogP contribution < -0.4 is 0 Å². The van der Waals surface area contributed by atoms with E-state index in [2.05, 4.69) is 19.6 Å². The first-order chi connectivity index (χ1) is 18.2. The molecule has 4 aliphatic heterocycles. The van der Waals surface area contributed by atoms with Gasteiger partial charge >= 0.3 is 0 Å². The Labute approximate surface area is 228 Å². The van der Waals surface area contributed by atoms with Gasteiger partial charge < -0.3 is 9.47 Å². The minimum atomic E-state index is -3.06. The lowest BCUT2D eigenvalue weighted by atomic mass is 10.1. The smallest absolute Gasteiger partial charge is 0.160 e. The van der Waals surface area contributed by atoms with E-state index in [4.69, 9.17) is 9.47 Å². The first kappa shape index (κ1) is 30.3. The zero-order valence-corrected chi connectivity index (χ0v) is 24.3. The van der Waals surface area contributed by atoms with Crippen molar-refractivity contribution in [3.8, 4) is 0 Å². The number of ketones is 1. The maximum Gasteiger partial charge on any atom is 0.160 e. The van der Waals surface area contributed by atoms with Crippen molar-refractivity contribution in [1.82, 2.24) is 19.6 Å². The molecule has 38 heavy (non-hydrogen) atoms. The third kappa shape index (κ3) is 9.76. The predicted octanol–water partition coefficient (Wildman–Crippen LogP) is -1.02. The van der Waals surface area contributed by atoms with Crippen molar-refractivity contribution >= 4 is 25.5 Å². The molecule has 0 bridgehead atoms. The Hall–Kier alpha value is -0.670. The Balaban J connectivity index is 1.33. The van der Waals surface area contributed by atoms with E-state index in [0.717, 1.165) is 78.5 Å². The third-order valence-corrected chi connectivity index (χ3v) is 11.8. The maximum atomic E-state index is 13.4. The normalized spacial score (nSPS) is 28.4. The number of ether oxygens (including phenoxy) is 2. The summed E-state index contributed by atoms with van der Waals surface area (Å²) in [5, 5.41) is 0. The molecule has 0 spiro atoms. The molecule has 0 amide bonds. The molecule has 0 aromatic heterocycles. The monoisotopic (exact) mass is 578 g/mol. The fourth-order valence-electron chi connectivity index (χ4n) is 6.06. The number of nitrogens with zero attached hydrogens (tertiary/aromatic N) is 4. The molecule has 0 N–H and O–H groups in total. The van der Waals surface area contributed by atoms with Crippen LogP contribution in [0.2, 0.25) is 0 Å². The summed E-state index contributed by atoms with van der Waals surface area (Å²) >= 11 is 0. The lowest BCUT2D eigenvalue weighted by molar-refractivity contribution is -0.122. The molecule has 13 heteroatoms. The molecule has 4 heterocycles. The van der Waals surface area contributed by atoms with E-state index in [9.17, 15) is 21.6 Å². The van der Waals surface area contributed by atoms with Crippen LogP contribution in [0.3, 0.4) is 0 Å². The lowest BCUT2D eigenvalue weighted by Crippen LogP contribution is -2.47. The molecule has 220 valence electrons. The van der Waals surface area contributed by atoms with Gasteiger partial charge in [0.05, 0.1) is 62.5 Å². The number of rotatable bonds is 14. The van der Waals surface area contributed by atoms with Crippen LogP contribution >= 0.6 is 0 Å². The van der Waals surface area contributed by atoms with Crippen molar-refractivity contribution in [1.29, 1.82) is 0 Å². The Morgan fingerprint density at radius 1 is 0.684 bits per heavy atom. The SMILES string of the molecule is O=C(CN(CCCN1CCOCC1)[C@@H]1CCS(=O)(=O)C1)CN(CCCN1CCOCC1)[C@H]1CCS(=O)(=O)C1. The number of sulfone groups is 2. The largest absolute Gasteiger partial charge is 0.379 e. The van der Waals surface area contributed by atoms with E-state index >= 15 is 0 Å². The van der Waals surface area contributed by atoms with Crippen LogP contribution in [-0.2, 0) is 33.9 Å². The molecule has 4 aliphatic rings. The highest BCUT2D eigenvalue weighted by atomic mass is 32.2. The third-order valence-electron chi connectivity index (χ3n) is 8.26. The predicted molar refractivity (Wildman–Crippen MR) is 146 cm³/mol.